The zero-order valence-electron chi connectivity index (χ0n) is 11.0. The molecular weight excluding hydrogens is 184 g/mol. The molecule has 0 saturated carbocycles. The maximum Gasteiger partial charge on any atom is 0.00680 e. The van der Waals surface area contributed by atoms with E-state index in [4.69, 9.17) is 0 Å². The minimum atomic E-state index is 0.431. The van der Waals surface area contributed by atoms with E-state index in [1.807, 2.05) is 0 Å². The van der Waals surface area contributed by atoms with Gasteiger partial charge < -0.3 is 10.2 Å². The first-order valence-electron chi connectivity index (χ1n) is 6.39. The van der Waals surface area contributed by atoms with Gasteiger partial charge >= 0.3 is 0 Å². The van der Waals surface area contributed by atoms with Crippen LogP contribution in [0.15, 0.2) is 0 Å². The summed E-state index contributed by atoms with van der Waals surface area (Å²) in [6.45, 7) is 10.6. The van der Waals surface area contributed by atoms with E-state index in [9.17, 15) is 0 Å². The van der Waals surface area contributed by atoms with Gasteiger partial charge in [-0.3, -0.25) is 0 Å². The van der Waals surface area contributed by atoms with Crippen LogP contribution in [-0.4, -0.2) is 37.6 Å². The molecule has 0 radical (unpaired) electrons. The molecule has 1 fully saturated rings. The predicted octanol–water partition coefficient (Wildman–Crippen LogP) is 2.50. The van der Waals surface area contributed by atoms with Crippen molar-refractivity contribution >= 4 is 0 Å². The van der Waals surface area contributed by atoms with Crippen LogP contribution in [0.25, 0.3) is 0 Å². The highest BCUT2D eigenvalue weighted by atomic mass is 15.1. The Labute approximate surface area is 95.4 Å². The van der Waals surface area contributed by atoms with Gasteiger partial charge in [0, 0.05) is 12.6 Å². The SMILES string of the molecule is CN(CCCC1CCCN1)CC(C)(C)C. The van der Waals surface area contributed by atoms with Crippen LogP contribution in [0.4, 0.5) is 0 Å². The van der Waals surface area contributed by atoms with Gasteiger partial charge in [-0.05, 0) is 51.2 Å². The van der Waals surface area contributed by atoms with Gasteiger partial charge in [0.1, 0.15) is 0 Å². The van der Waals surface area contributed by atoms with Crippen LogP contribution in [0.1, 0.15) is 46.5 Å². The molecule has 1 heterocycles. The Kier molecular flexibility index (Phi) is 5.07. The van der Waals surface area contributed by atoms with E-state index in [1.165, 1.54) is 45.3 Å². The van der Waals surface area contributed by atoms with E-state index in [-0.39, 0.29) is 0 Å². The molecular formula is C13H28N2. The standard InChI is InChI=1S/C13H28N2/c1-13(2,3)11-15(4)10-6-8-12-7-5-9-14-12/h12,14H,5-11H2,1-4H3. The lowest BCUT2D eigenvalue weighted by Crippen LogP contribution is -2.31. The normalized spacial score (nSPS) is 22.6. The molecule has 0 aromatic heterocycles. The number of rotatable bonds is 5. The van der Waals surface area contributed by atoms with Crippen molar-refractivity contribution in [2.45, 2.75) is 52.5 Å². The topological polar surface area (TPSA) is 15.3 Å². The van der Waals surface area contributed by atoms with Crippen LogP contribution in [0, 0.1) is 5.41 Å². The van der Waals surface area contributed by atoms with Crippen molar-refractivity contribution in [1.82, 2.24) is 10.2 Å². The highest BCUT2D eigenvalue weighted by Gasteiger charge is 2.15. The molecule has 0 amide bonds. The molecule has 90 valence electrons. The van der Waals surface area contributed by atoms with Crippen molar-refractivity contribution in [2.75, 3.05) is 26.7 Å². The second kappa shape index (κ2) is 5.86. The van der Waals surface area contributed by atoms with Crippen LogP contribution < -0.4 is 5.32 Å². The highest BCUT2D eigenvalue weighted by Crippen LogP contribution is 2.15. The zero-order valence-corrected chi connectivity index (χ0v) is 11.0. The van der Waals surface area contributed by atoms with Crippen molar-refractivity contribution in [3.05, 3.63) is 0 Å². The highest BCUT2D eigenvalue weighted by molar-refractivity contribution is 4.74. The van der Waals surface area contributed by atoms with Gasteiger partial charge in [-0.1, -0.05) is 20.8 Å². The van der Waals surface area contributed by atoms with Crippen molar-refractivity contribution in [1.29, 1.82) is 0 Å². The van der Waals surface area contributed by atoms with Crippen LogP contribution in [0.3, 0.4) is 0 Å². The Balaban J connectivity index is 2.03. The Morgan fingerprint density at radius 2 is 2.07 bits per heavy atom. The maximum absolute atomic E-state index is 3.56. The van der Waals surface area contributed by atoms with Crippen molar-refractivity contribution in [2.24, 2.45) is 5.41 Å². The third kappa shape index (κ3) is 6.16. The minimum Gasteiger partial charge on any atom is -0.314 e. The fourth-order valence-corrected chi connectivity index (χ4v) is 2.50. The van der Waals surface area contributed by atoms with Gasteiger partial charge in [0.25, 0.3) is 0 Å². The average molecular weight is 212 g/mol. The third-order valence-corrected chi connectivity index (χ3v) is 3.00. The first-order chi connectivity index (χ1) is 6.97. The van der Waals surface area contributed by atoms with Gasteiger partial charge in [-0.25, -0.2) is 0 Å². The molecule has 2 heteroatoms. The first kappa shape index (κ1) is 13.0. The predicted molar refractivity (Wildman–Crippen MR) is 67.2 cm³/mol. The maximum atomic E-state index is 3.56. The molecule has 15 heavy (non-hydrogen) atoms. The van der Waals surface area contributed by atoms with Gasteiger partial charge in [0.2, 0.25) is 0 Å². The molecule has 0 bridgehead atoms. The van der Waals surface area contributed by atoms with Crippen LogP contribution >= 0.6 is 0 Å². The van der Waals surface area contributed by atoms with E-state index >= 15 is 0 Å². The Bertz CT molecular complexity index is 166. The quantitative estimate of drug-likeness (QED) is 0.753. The van der Waals surface area contributed by atoms with Gasteiger partial charge in [0.15, 0.2) is 0 Å². The van der Waals surface area contributed by atoms with Crippen molar-refractivity contribution in [3.8, 4) is 0 Å². The molecule has 1 saturated heterocycles. The van der Waals surface area contributed by atoms with Crippen molar-refractivity contribution < 1.29 is 0 Å². The third-order valence-electron chi connectivity index (χ3n) is 3.00. The number of hydrogen-bond donors (Lipinski definition) is 1. The Morgan fingerprint density at radius 1 is 1.33 bits per heavy atom. The molecule has 2 nitrogen and oxygen atoms in total. The summed E-state index contributed by atoms with van der Waals surface area (Å²) in [7, 11) is 2.24. The van der Waals surface area contributed by atoms with Crippen molar-refractivity contribution in [3.63, 3.8) is 0 Å². The number of hydrogen-bond acceptors (Lipinski definition) is 2. The fraction of sp³-hybridized carbons (Fsp3) is 1.00. The monoisotopic (exact) mass is 212 g/mol. The summed E-state index contributed by atoms with van der Waals surface area (Å²) in [4.78, 5) is 2.47. The zero-order chi connectivity index (χ0) is 11.3. The summed E-state index contributed by atoms with van der Waals surface area (Å²) < 4.78 is 0. The lowest BCUT2D eigenvalue weighted by atomic mass is 9.96. The Hall–Kier alpha value is -0.0800. The lowest BCUT2D eigenvalue weighted by Gasteiger charge is -2.26. The molecule has 0 aromatic rings. The average Bonchev–Trinajstić information content (AvgIpc) is 2.53. The molecule has 0 spiro atoms. The summed E-state index contributed by atoms with van der Waals surface area (Å²) in [6, 6.07) is 0.813. The summed E-state index contributed by atoms with van der Waals surface area (Å²) in [5, 5.41) is 3.56. The van der Waals surface area contributed by atoms with Crippen LogP contribution in [-0.2, 0) is 0 Å². The van der Waals surface area contributed by atoms with E-state index in [2.05, 4.69) is 38.0 Å². The molecule has 1 aliphatic heterocycles. The van der Waals surface area contributed by atoms with Gasteiger partial charge in [-0.2, -0.15) is 0 Å². The Morgan fingerprint density at radius 3 is 2.60 bits per heavy atom. The first-order valence-corrected chi connectivity index (χ1v) is 6.39. The largest absolute Gasteiger partial charge is 0.314 e. The minimum absolute atomic E-state index is 0.431. The second-order valence-corrected chi connectivity index (χ2v) is 6.23. The molecule has 1 unspecified atom stereocenters. The summed E-state index contributed by atoms with van der Waals surface area (Å²) in [5.41, 5.74) is 0.431. The van der Waals surface area contributed by atoms with Gasteiger partial charge in [-0.15, -0.1) is 0 Å². The fourth-order valence-electron chi connectivity index (χ4n) is 2.50. The van der Waals surface area contributed by atoms with Gasteiger partial charge in [0.05, 0.1) is 0 Å². The van der Waals surface area contributed by atoms with Crippen LogP contribution in [0.2, 0.25) is 0 Å². The number of nitrogens with one attached hydrogen (secondary N) is 1. The van der Waals surface area contributed by atoms with E-state index in [0.29, 0.717) is 5.41 Å². The lowest BCUT2D eigenvalue weighted by molar-refractivity contribution is 0.222. The molecule has 0 aromatic carbocycles. The second-order valence-electron chi connectivity index (χ2n) is 6.23. The molecule has 0 aliphatic carbocycles. The summed E-state index contributed by atoms with van der Waals surface area (Å²) in [6.07, 6.45) is 5.46. The summed E-state index contributed by atoms with van der Waals surface area (Å²) in [5.74, 6) is 0. The van der Waals surface area contributed by atoms with E-state index < -0.39 is 0 Å². The molecule has 1 N–H and O–H groups in total. The summed E-state index contributed by atoms with van der Waals surface area (Å²) >= 11 is 0. The van der Waals surface area contributed by atoms with Crippen LogP contribution in [0.5, 0.6) is 0 Å². The molecule has 1 atom stereocenters. The number of nitrogens with zero attached hydrogens (tertiary/aromatic N) is 1. The van der Waals surface area contributed by atoms with E-state index in [1.54, 1.807) is 0 Å². The molecule has 1 rings (SSSR count). The molecule has 1 aliphatic rings. The smallest absolute Gasteiger partial charge is 0.00680 e. The van der Waals surface area contributed by atoms with E-state index in [0.717, 1.165) is 6.04 Å².